The molecule has 4 N–H and O–H groups in total. The zero-order chi connectivity index (χ0) is 31.9. The first-order chi connectivity index (χ1) is 20.3. The molecule has 0 atom stereocenters. The average molecular weight is 603 g/mol. The van der Waals surface area contributed by atoms with Crippen molar-refractivity contribution in [1.29, 1.82) is 0 Å². The number of aliphatic hydroxyl groups is 2. The minimum absolute atomic E-state index is 0.343. The van der Waals surface area contributed by atoms with Crippen molar-refractivity contribution < 1.29 is 30.0 Å². The van der Waals surface area contributed by atoms with E-state index < -0.39 is 18.2 Å². The van der Waals surface area contributed by atoms with Crippen LogP contribution in [0.15, 0.2) is 0 Å². The Balaban J connectivity index is -0.000000543. The predicted molar refractivity (Wildman–Crippen MR) is 179 cm³/mol. The Kier molecular flexibility index (Phi) is 45.3. The number of hydrogen-bond donors (Lipinski definition) is 4. The molecule has 0 spiro atoms. The van der Waals surface area contributed by atoms with Gasteiger partial charge in [0.15, 0.2) is 6.29 Å². The van der Waals surface area contributed by atoms with Gasteiger partial charge in [0.25, 0.3) is 0 Å². The number of unbranched alkanes of at least 4 members (excludes halogenated alkanes) is 24. The Bertz CT molecular complexity index is 477. The van der Waals surface area contributed by atoms with Crippen LogP contribution in [0.5, 0.6) is 0 Å². The number of carboxylic acids is 2. The quantitative estimate of drug-likeness (QED) is 0.0480. The zero-order valence-corrected chi connectivity index (χ0v) is 28.4. The lowest BCUT2D eigenvalue weighted by atomic mass is 10.1. The fraction of sp³-hybridized carbons (Fsp3) is 0.944. The van der Waals surface area contributed by atoms with Crippen LogP contribution in [0.1, 0.15) is 213 Å². The second-order valence-electron chi connectivity index (χ2n) is 12.0. The number of carboxylic acid groups (broad SMARTS) is 2. The molecule has 0 aliphatic carbocycles. The third-order valence-electron chi connectivity index (χ3n) is 7.55. The van der Waals surface area contributed by atoms with Gasteiger partial charge in [-0.15, -0.1) is 0 Å². The highest BCUT2D eigenvalue weighted by molar-refractivity contribution is 5.66. The summed E-state index contributed by atoms with van der Waals surface area (Å²) in [4.78, 5) is 20.4. The average Bonchev–Trinajstić information content (AvgIpc) is 2.95. The van der Waals surface area contributed by atoms with Crippen LogP contribution in [-0.4, -0.2) is 38.7 Å². The SMILES string of the molecule is CCCCCCCCCCCC(=O)O.CCCCCCCCCCCC(=O)O.CCCCCCCCCCCC(O)O. The molecule has 0 aliphatic heterocycles. The van der Waals surface area contributed by atoms with Crippen LogP contribution in [0.2, 0.25) is 0 Å². The van der Waals surface area contributed by atoms with Crippen molar-refractivity contribution >= 4 is 11.9 Å². The molecule has 0 amide bonds. The van der Waals surface area contributed by atoms with E-state index in [0.29, 0.717) is 19.3 Å². The molecule has 0 fully saturated rings. The van der Waals surface area contributed by atoms with Gasteiger partial charge in [-0.05, 0) is 25.7 Å². The van der Waals surface area contributed by atoms with E-state index >= 15 is 0 Å². The number of aliphatic carboxylic acids is 2. The fourth-order valence-electron chi connectivity index (χ4n) is 4.81. The molecule has 0 aromatic carbocycles. The molecular weight excluding hydrogens is 528 g/mol. The number of hydrogen-bond acceptors (Lipinski definition) is 4. The Hall–Kier alpha value is -1.14. The molecule has 0 saturated carbocycles. The Morgan fingerprint density at radius 2 is 0.595 bits per heavy atom. The van der Waals surface area contributed by atoms with E-state index in [1.165, 1.54) is 135 Å². The van der Waals surface area contributed by atoms with Gasteiger partial charge in [-0.3, -0.25) is 9.59 Å². The van der Waals surface area contributed by atoms with Crippen molar-refractivity contribution in [2.24, 2.45) is 0 Å². The Morgan fingerprint density at radius 1 is 0.381 bits per heavy atom. The summed E-state index contributed by atoms with van der Waals surface area (Å²) in [5.41, 5.74) is 0. The smallest absolute Gasteiger partial charge is 0.303 e. The molecular formula is C36H74O6. The molecule has 6 heteroatoms. The Labute approximate surface area is 261 Å². The van der Waals surface area contributed by atoms with Gasteiger partial charge in [0.2, 0.25) is 0 Å². The van der Waals surface area contributed by atoms with Gasteiger partial charge in [-0.2, -0.15) is 0 Å². The van der Waals surface area contributed by atoms with Gasteiger partial charge < -0.3 is 20.4 Å². The zero-order valence-electron chi connectivity index (χ0n) is 28.4. The minimum Gasteiger partial charge on any atom is -0.481 e. The van der Waals surface area contributed by atoms with Gasteiger partial charge in [0, 0.05) is 12.8 Å². The van der Waals surface area contributed by atoms with E-state index in [4.69, 9.17) is 20.4 Å². The maximum absolute atomic E-state index is 10.2. The fourth-order valence-corrected chi connectivity index (χ4v) is 4.81. The third-order valence-corrected chi connectivity index (χ3v) is 7.55. The molecule has 0 unspecified atom stereocenters. The van der Waals surface area contributed by atoms with Crippen molar-refractivity contribution in [2.45, 2.75) is 220 Å². The van der Waals surface area contributed by atoms with Gasteiger partial charge >= 0.3 is 11.9 Å². The summed E-state index contributed by atoms with van der Waals surface area (Å²) >= 11 is 0. The molecule has 0 rings (SSSR count). The molecule has 0 saturated heterocycles. The van der Waals surface area contributed by atoms with E-state index in [-0.39, 0.29) is 0 Å². The second-order valence-corrected chi connectivity index (χ2v) is 12.0. The highest BCUT2D eigenvalue weighted by atomic mass is 16.5. The van der Waals surface area contributed by atoms with E-state index in [0.717, 1.165) is 38.5 Å². The van der Waals surface area contributed by atoms with Gasteiger partial charge in [0.1, 0.15) is 0 Å². The van der Waals surface area contributed by atoms with Crippen molar-refractivity contribution in [1.82, 2.24) is 0 Å². The van der Waals surface area contributed by atoms with E-state index in [9.17, 15) is 9.59 Å². The molecule has 0 aromatic heterocycles. The molecule has 0 bridgehead atoms. The highest BCUT2D eigenvalue weighted by Crippen LogP contribution is 2.12. The minimum atomic E-state index is -1.10. The topological polar surface area (TPSA) is 115 Å². The number of rotatable bonds is 30. The maximum Gasteiger partial charge on any atom is 0.303 e. The summed E-state index contributed by atoms with van der Waals surface area (Å²) in [6.07, 6.45) is 33.8. The lowest BCUT2D eigenvalue weighted by Gasteiger charge is -2.03. The standard InChI is InChI=1S/C12H26O2.2C12H24O2/c3*1-2-3-4-5-6-7-8-9-10-11-12(13)14/h12-14H,2-11H2,1H3;2*2-11H2,1H3,(H,13,14). The monoisotopic (exact) mass is 603 g/mol. The van der Waals surface area contributed by atoms with Crippen molar-refractivity contribution in [2.75, 3.05) is 0 Å². The highest BCUT2D eigenvalue weighted by Gasteiger charge is 1.98. The van der Waals surface area contributed by atoms with Gasteiger partial charge in [0.05, 0.1) is 0 Å². The summed E-state index contributed by atoms with van der Waals surface area (Å²) in [5.74, 6) is -1.32. The first-order valence-corrected chi connectivity index (χ1v) is 18.1. The maximum atomic E-state index is 10.2. The van der Waals surface area contributed by atoms with Crippen molar-refractivity contribution in [3.63, 3.8) is 0 Å². The molecule has 0 aliphatic rings. The summed E-state index contributed by atoms with van der Waals surface area (Å²) in [7, 11) is 0. The number of carbonyl (C=O) groups is 2. The van der Waals surface area contributed by atoms with Crippen LogP contribution >= 0.6 is 0 Å². The molecule has 0 heterocycles. The van der Waals surface area contributed by atoms with E-state index in [1.54, 1.807) is 0 Å². The van der Waals surface area contributed by atoms with Gasteiger partial charge in [-0.25, -0.2) is 0 Å². The Morgan fingerprint density at radius 3 is 0.810 bits per heavy atom. The largest absolute Gasteiger partial charge is 0.481 e. The van der Waals surface area contributed by atoms with Crippen molar-refractivity contribution in [3.05, 3.63) is 0 Å². The molecule has 0 aromatic rings. The van der Waals surface area contributed by atoms with Crippen molar-refractivity contribution in [3.8, 4) is 0 Å². The molecule has 0 radical (unpaired) electrons. The first kappa shape index (κ1) is 45.3. The lowest BCUT2D eigenvalue weighted by Crippen LogP contribution is -2.02. The molecule has 254 valence electrons. The van der Waals surface area contributed by atoms with E-state index in [1.807, 2.05) is 0 Å². The number of aliphatic hydroxyl groups excluding tert-OH is 1. The van der Waals surface area contributed by atoms with E-state index in [2.05, 4.69) is 20.8 Å². The lowest BCUT2D eigenvalue weighted by molar-refractivity contribution is -0.138. The van der Waals surface area contributed by atoms with Crippen LogP contribution < -0.4 is 0 Å². The van der Waals surface area contributed by atoms with Crippen LogP contribution in [0, 0.1) is 0 Å². The normalized spacial score (nSPS) is 10.6. The van der Waals surface area contributed by atoms with Crippen LogP contribution in [-0.2, 0) is 9.59 Å². The van der Waals surface area contributed by atoms with Gasteiger partial charge in [-0.1, -0.05) is 175 Å². The first-order valence-electron chi connectivity index (χ1n) is 18.1. The second kappa shape index (κ2) is 42.0. The van der Waals surface area contributed by atoms with Crippen LogP contribution in [0.4, 0.5) is 0 Å². The summed E-state index contributed by atoms with van der Waals surface area (Å²) in [6, 6.07) is 0. The predicted octanol–water partition coefficient (Wildman–Crippen LogP) is 11.2. The summed E-state index contributed by atoms with van der Waals surface area (Å²) < 4.78 is 0. The van der Waals surface area contributed by atoms with Crippen LogP contribution in [0.3, 0.4) is 0 Å². The molecule has 42 heavy (non-hydrogen) atoms. The van der Waals surface area contributed by atoms with Crippen LogP contribution in [0.25, 0.3) is 0 Å². The summed E-state index contributed by atoms with van der Waals surface area (Å²) in [5, 5.41) is 34.0. The summed E-state index contributed by atoms with van der Waals surface area (Å²) in [6.45, 7) is 6.69. The molecule has 6 nitrogen and oxygen atoms in total. The third kappa shape index (κ3) is 54.9.